The first-order chi connectivity index (χ1) is 7.33. The molecule has 0 saturated heterocycles. The van der Waals surface area contributed by atoms with Crippen molar-refractivity contribution in [1.82, 2.24) is 5.32 Å². The summed E-state index contributed by atoms with van der Waals surface area (Å²) in [4.78, 5) is 0. The first-order valence-electron chi connectivity index (χ1n) is 5.48. The summed E-state index contributed by atoms with van der Waals surface area (Å²) in [5.41, 5.74) is 7.88. The van der Waals surface area contributed by atoms with Gasteiger partial charge >= 0.3 is 0 Å². The minimum Gasteiger partial charge on any atom is -0.388 e. The molecule has 0 amide bonds. The second kappa shape index (κ2) is 7.07. The summed E-state index contributed by atoms with van der Waals surface area (Å²) in [6.07, 6.45) is 3.03. The van der Waals surface area contributed by atoms with Crippen molar-refractivity contribution in [3.05, 3.63) is 48.2 Å². The summed E-state index contributed by atoms with van der Waals surface area (Å²) < 4.78 is 0. The predicted molar refractivity (Wildman–Crippen MR) is 65.6 cm³/mol. The van der Waals surface area contributed by atoms with Crippen molar-refractivity contribution in [2.75, 3.05) is 13.1 Å². The molecule has 1 rings (SSSR count). The fourth-order valence-corrected chi connectivity index (χ4v) is 1.43. The average Bonchev–Trinajstić information content (AvgIpc) is 2.28. The van der Waals surface area contributed by atoms with Crippen LogP contribution >= 0.6 is 0 Å². The van der Waals surface area contributed by atoms with Crippen LogP contribution in [0.15, 0.2) is 42.6 Å². The maximum atomic E-state index is 5.43. The maximum absolute atomic E-state index is 5.43. The summed E-state index contributed by atoms with van der Waals surface area (Å²) in [7, 11) is 0. The van der Waals surface area contributed by atoms with Gasteiger partial charge in [0.05, 0.1) is 0 Å². The van der Waals surface area contributed by atoms with Crippen LogP contribution in [-0.2, 0) is 6.42 Å². The van der Waals surface area contributed by atoms with E-state index in [4.69, 9.17) is 5.73 Å². The van der Waals surface area contributed by atoms with Crippen LogP contribution in [0.5, 0.6) is 0 Å². The largest absolute Gasteiger partial charge is 0.388 e. The summed E-state index contributed by atoms with van der Waals surface area (Å²) in [6.45, 7) is 5.64. The third-order valence-electron chi connectivity index (χ3n) is 2.31. The molecule has 0 radical (unpaired) electrons. The van der Waals surface area contributed by atoms with Crippen molar-refractivity contribution in [3.8, 4) is 0 Å². The number of hydrogen-bond donors (Lipinski definition) is 2. The Balaban J connectivity index is 2.14. The van der Waals surface area contributed by atoms with Gasteiger partial charge in [-0.3, -0.25) is 0 Å². The van der Waals surface area contributed by atoms with Gasteiger partial charge in [0.25, 0.3) is 0 Å². The molecular weight excluding hydrogens is 184 g/mol. The number of rotatable bonds is 7. The number of benzene rings is 1. The van der Waals surface area contributed by atoms with Crippen LogP contribution in [0.1, 0.15) is 18.4 Å². The zero-order chi connectivity index (χ0) is 10.9. The molecule has 0 aliphatic carbocycles. The molecule has 1 aromatic carbocycles. The summed E-state index contributed by atoms with van der Waals surface area (Å²) in [5.74, 6) is 0. The van der Waals surface area contributed by atoms with Crippen LogP contribution in [0, 0.1) is 0 Å². The zero-order valence-corrected chi connectivity index (χ0v) is 9.21. The minimum atomic E-state index is 0.736. The number of hydrogen-bond acceptors (Lipinski definition) is 2. The Kier molecular flexibility index (Phi) is 5.56. The highest BCUT2D eigenvalue weighted by Gasteiger charge is 1.94. The van der Waals surface area contributed by atoms with Gasteiger partial charge in [0, 0.05) is 12.2 Å². The van der Waals surface area contributed by atoms with Crippen molar-refractivity contribution in [1.29, 1.82) is 0 Å². The van der Waals surface area contributed by atoms with Gasteiger partial charge in [0.15, 0.2) is 0 Å². The molecule has 0 heterocycles. The molecule has 0 aliphatic heterocycles. The molecule has 0 spiro atoms. The smallest absolute Gasteiger partial charge is 0.0184 e. The lowest BCUT2D eigenvalue weighted by Crippen LogP contribution is -2.16. The van der Waals surface area contributed by atoms with Crippen LogP contribution in [0.2, 0.25) is 0 Å². The fraction of sp³-hybridized carbons (Fsp3) is 0.385. The number of nitrogens with two attached hydrogens (primary N) is 1. The average molecular weight is 204 g/mol. The predicted octanol–water partition coefficient (Wildman–Crippen LogP) is 2.07. The normalized spacial score (nSPS) is 9.93. The Bertz CT molecular complexity index is 280. The molecule has 0 fully saturated rings. The third kappa shape index (κ3) is 5.23. The molecule has 15 heavy (non-hydrogen) atoms. The maximum Gasteiger partial charge on any atom is 0.0184 e. The van der Waals surface area contributed by atoms with Crippen molar-refractivity contribution < 1.29 is 0 Å². The number of allylic oxidation sites excluding steroid dienone is 1. The summed E-state index contributed by atoms with van der Waals surface area (Å²) in [6, 6.07) is 10.5. The van der Waals surface area contributed by atoms with Gasteiger partial charge in [-0.1, -0.05) is 36.9 Å². The molecule has 0 bridgehead atoms. The second-order valence-electron chi connectivity index (χ2n) is 3.66. The molecule has 82 valence electrons. The van der Waals surface area contributed by atoms with Gasteiger partial charge in [-0.15, -0.1) is 0 Å². The number of nitrogens with one attached hydrogen (secondary N) is 1. The monoisotopic (exact) mass is 204 g/mol. The quantitative estimate of drug-likeness (QED) is 0.713. The lowest BCUT2D eigenvalue weighted by molar-refractivity contribution is 0.713. The van der Waals surface area contributed by atoms with Crippen LogP contribution < -0.4 is 11.1 Å². The first-order valence-corrected chi connectivity index (χ1v) is 5.48. The Morgan fingerprint density at radius 1 is 1.27 bits per heavy atom. The van der Waals surface area contributed by atoms with Crippen LogP contribution in [0.25, 0.3) is 0 Å². The second-order valence-corrected chi connectivity index (χ2v) is 3.66. The molecule has 2 nitrogen and oxygen atoms in total. The molecule has 0 saturated carbocycles. The minimum absolute atomic E-state index is 0.736. The first kappa shape index (κ1) is 11.8. The molecule has 0 atom stereocenters. The van der Waals surface area contributed by atoms with E-state index in [9.17, 15) is 0 Å². The van der Waals surface area contributed by atoms with Crippen molar-refractivity contribution in [3.63, 3.8) is 0 Å². The summed E-state index contributed by atoms with van der Waals surface area (Å²) in [5, 5.41) is 3.32. The van der Waals surface area contributed by atoms with Gasteiger partial charge < -0.3 is 11.1 Å². The SMILES string of the molecule is C=C(CCCN)NCCc1ccccc1. The van der Waals surface area contributed by atoms with Crippen molar-refractivity contribution in [2.45, 2.75) is 19.3 Å². The van der Waals surface area contributed by atoms with Gasteiger partial charge in [0.2, 0.25) is 0 Å². The molecule has 0 unspecified atom stereocenters. The molecule has 0 aliphatic rings. The van der Waals surface area contributed by atoms with E-state index < -0.39 is 0 Å². The lowest BCUT2D eigenvalue weighted by atomic mass is 10.1. The highest BCUT2D eigenvalue weighted by Crippen LogP contribution is 2.00. The summed E-state index contributed by atoms with van der Waals surface area (Å²) >= 11 is 0. The van der Waals surface area contributed by atoms with Crippen molar-refractivity contribution >= 4 is 0 Å². The Morgan fingerprint density at radius 3 is 2.67 bits per heavy atom. The van der Waals surface area contributed by atoms with E-state index in [0.717, 1.165) is 38.0 Å². The molecule has 3 N–H and O–H groups in total. The van der Waals surface area contributed by atoms with E-state index in [0.29, 0.717) is 0 Å². The standard InChI is InChI=1S/C13H20N2/c1-12(6-5-10-14)15-11-9-13-7-3-2-4-8-13/h2-4,7-8,15H,1,5-6,9-11,14H2. The van der Waals surface area contributed by atoms with E-state index in [1.165, 1.54) is 5.56 Å². The van der Waals surface area contributed by atoms with Crippen LogP contribution in [-0.4, -0.2) is 13.1 Å². The fourth-order valence-electron chi connectivity index (χ4n) is 1.43. The molecule has 2 heteroatoms. The highest BCUT2D eigenvalue weighted by atomic mass is 14.9. The Morgan fingerprint density at radius 2 is 2.00 bits per heavy atom. The third-order valence-corrected chi connectivity index (χ3v) is 2.31. The van der Waals surface area contributed by atoms with Crippen LogP contribution in [0.3, 0.4) is 0 Å². The van der Waals surface area contributed by atoms with Crippen LogP contribution in [0.4, 0.5) is 0 Å². The van der Waals surface area contributed by atoms with E-state index in [-0.39, 0.29) is 0 Å². The van der Waals surface area contributed by atoms with E-state index >= 15 is 0 Å². The van der Waals surface area contributed by atoms with E-state index in [1.807, 2.05) is 6.07 Å². The highest BCUT2D eigenvalue weighted by molar-refractivity contribution is 5.15. The molecule has 0 aromatic heterocycles. The van der Waals surface area contributed by atoms with Gasteiger partial charge in [-0.2, -0.15) is 0 Å². The van der Waals surface area contributed by atoms with Crippen molar-refractivity contribution in [2.24, 2.45) is 5.73 Å². The van der Waals surface area contributed by atoms with Gasteiger partial charge in [-0.05, 0) is 31.4 Å². The Hall–Kier alpha value is -1.28. The lowest BCUT2D eigenvalue weighted by Gasteiger charge is -2.08. The van der Waals surface area contributed by atoms with Gasteiger partial charge in [0.1, 0.15) is 0 Å². The topological polar surface area (TPSA) is 38.0 Å². The molecular formula is C13H20N2. The van der Waals surface area contributed by atoms with E-state index in [2.05, 4.69) is 36.2 Å². The Labute approximate surface area is 92.2 Å². The van der Waals surface area contributed by atoms with Gasteiger partial charge in [-0.25, -0.2) is 0 Å². The zero-order valence-electron chi connectivity index (χ0n) is 9.21. The molecule has 1 aromatic rings. The van der Waals surface area contributed by atoms with E-state index in [1.54, 1.807) is 0 Å².